The second kappa shape index (κ2) is 7.62. The number of nitrogens with zero attached hydrogens (tertiary/aromatic N) is 6. The van der Waals surface area contributed by atoms with E-state index in [1.807, 2.05) is 24.3 Å². The Labute approximate surface area is 174 Å². The van der Waals surface area contributed by atoms with E-state index in [2.05, 4.69) is 32.1 Å². The molecule has 0 atom stereocenters. The molecular formula is C22H22N6O2. The maximum Gasteiger partial charge on any atom is 0.174 e. The highest BCUT2D eigenvalue weighted by atomic mass is 16.5. The smallest absolute Gasteiger partial charge is 0.174 e. The van der Waals surface area contributed by atoms with Gasteiger partial charge in [-0.1, -0.05) is 0 Å². The van der Waals surface area contributed by atoms with Crippen LogP contribution in [0.4, 0.5) is 11.4 Å². The third kappa shape index (κ3) is 3.63. The van der Waals surface area contributed by atoms with E-state index in [-0.39, 0.29) is 0 Å². The molecule has 0 saturated heterocycles. The molecule has 0 radical (unpaired) electrons. The molecule has 0 bridgehead atoms. The first-order chi connectivity index (χ1) is 14.7. The first kappa shape index (κ1) is 18.4. The van der Waals surface area contributed by atoms with E-state index in [4.69, 9.17) is 14.5 Å². The molecular weight excluding hydrogens is 380 g/mol. The SMILES string of the molecule is COc1cc(OC)cc(N(CC2CC2)c2ccc3ncc(-n4cncn4)nc3c2)c1. The number of anilines is 2. The number of fused-ring (bicyclic) bond motifs is 1. The molecule has 1 fully saturated rings. The van der Waals surface area contributed by atoms with Crippen molar-refractivity contribution in [2.75, 3.05) is 25.7 Å². The van der Waals surface area contributed by atoms with Gasteiger partial charge in [-0.25, -0.2) is 14.6 Å². The van der Waals surface area contributed by atoms with Crippen LogP contribution in [-0.2, 0) is 0 Å². The van der Waals surface area contributed by atoms with Gasteiger partial charge in [-0.3, -0.25) is 4.98 Å². The molecule has 4 aromatic rings. The van der Waals surface area contributed by atoms with Crippen molar-refractivity contribution in [2.24, 2.45) is 5.92 Å². The van der Waals surface area contributed by atoms with Crippen LogP contribution in [0.3, 0.4) is 0 Å². The van der Waals surface area contributed by atoms with Crippen LogP contribution in [0, 0.1) is 5.92 Å². The first-order valence-corrected chi connectivity index (χ1v) is 9.86. The summed E-state index contributed by atoms with van der Waals surface area (Å²) >= 11 is 0. The number of hydrogen-bond donors (Lipinski definition) is 0. The lowest BCUT2D eigenvalue weighted by molar-refractivity contribution is 0.394. The van der Waals surface area contributed by atoms with Crippen molar-refractivity contribution in [3.63, 3.8) is 0 Å². The molecule has 0 spiro atoms. The van der Waals surface area contributed by atoms with Gasteiger partial charge in [-0.2, -0.15) is 5.10 Å². The van der Waals surface area contributed by atoms with Crippen molar-refractivity contribution in [1.29, 1.82) is 0 Å². The fourth-order valence-electron chi connectivity index (χ4n) is 3.46. The van der Waals surface area contributed by atoms with Crippen molar-refractivity contribution in [3.8, 4) is 17.3 Å². The summed E-state index contributed by atoms with van der Waals surface area (Å²) in [7, 11) is 3.34. The monoisotopic (exact) mass is 402 g/mol. The zero-order valence-corrected chi connectivity index (χ0v) is 16.9. The highest BCUT2D eigenvalue weighted by Crippen LogP contribution is 2.38. The Morgan fingerprint density at radius 2 is 1.80 bits per heavy atom. The summed E-state index contributed by atoms with van der Waals surface area (Å²) in [6.07, 6.45) is 7.30. The Morgan fingerprint density at radius 1 is 1.00 bits per heavy atom. The lowest BCUT2D eigenvalue weighted by Crippen LogP contribution is -2.20. The Kier molecular flexibility index (Phi) is 4.66. The molecule has 2 aromatic carbocycles. The summed E-state index contributed by atoms with van der Waals surface area (Å²) < 4.78 is 12.6. The minimum Gasteiger partial charge on any atom is -0.497 e. The van der Waals surface area contributed by atoms with Crippen LogP contribution in [0.1, 0.15) is 12.8 Å². The van der Waals surface area contributed by atoms with Gasteiger partial charge in [0, 0.05) is 36.1 Å². The van der Waals surface area contributed by atoms with E-state index in [1.165, 1.54) is 19.2 Å². The molecule has 1 aliphatic carbocycles. The maximum absolute atomic E-state index is 5.49. The summed E-state index contributed by atoms with van der Waals surface area (Å²) in [6, 6.07) is 12.1. The van der Waals surface area contributed by atoms with E-state index in [0.717, 1.165) is 40.5 Å². The molecule has 1 aliphatic rings. The van der Waals surface area contributed by atoms with Gasteiger partial charge in [0.2, 0.25) is 0 Å². The van der Waals surface area contributed by atoms with E-state index < -0.39 is 0 Å². The molecule has 2 heterocycles. The van der Waals surface area contributed by atoms with E-state index in [1.54, 1.807) is 31.4 Å². The van der Waals surface area contributed by atoms with Crippen LogP contribution < -0.4 is 14.4 Å². The summed E-state index contributed by atoms with van der Waals surface area (Å²) in [4.78, 5) is 15.6. The molecule has 5 rings (SSSR count). The van der Waals surface area contributed by atoms with Gasteiger partial charge in [0.15, 0.2) is 5.82 Å². The predicted octanol–water partition coefficient (Wildman–Crippen LogP) is 3.78. The fourth-order valence-corrected chi connectivity index (χ4v) is 3.46. The third-order valence-electron chi connectivity index (χ3n) is 5.26. The third-order valence-corrected chi connectivity index (χ3v) is 5.26. The van der Waals surface area contributed by atoms with Crippen LogP contribution in [0.2, 0.25) is 0 Å². The predicted molar refractivity (Wildman–Crippen MR) is 114 cm³/mol. The fraction of sp³-hybridized carbons (Fsp3) is 0.273. The lowest BCUT2D eigenvalue weighted by Gasteiger charge is -2.26. The normalized spacial score (nSPS) is 13.4. The molecule has 30 heavy (non-hydrogen) atoms. The second-order valence-corrected chi connectivity index (χ2v) is 7.37. The standard InChI is InChI=1S/C22H22N6O2/c1-29-18-7-17(8-19(10-18)30-2)27(12-15-3-4-15)16-5-6-20-21(9-16)26-22(11-24-20)28-14-23-13-25-28/h5-11,13-15H,3-4,12H2,1-2H3. The van der Waals surface area contributed by atoms with Crippen LogP contribution in [0.5, 0.6) is 11.5 Å². The van der Waals surface area contributed by atoms with Gasteiger partial charge in [0.05, 0.1) is 31.4 Å². The number of benzene rings is 2. The highest BCUT2D eigenvalue weighted by Gasteiger charge is 2.26. The Bertz CT molecular complexity index is 1150. The van der Waals surface area contributed by atoms with Crippen molar-refractivity contribution in [3.05, 3.63) is 55.2 Å². The van der Waals surface area contributed by atoms with Crippen LogP contribution >= 0.6 is 0 Å². The Hall–Kier alpha value is -3.68. The van der Waals surface area contributed by atoms with Crippen molar-refractivity contribution in [1.82, 2.24) is 24.7 Å². The van der Waals surface area contributed by atoms with Gasteiger partial charge >= 0.3 is 0 Å². The van der Waals surface area contributed by atoms with Gasteiger partial charge in [-0.15, -0.1) is 0 Å². The second-order valence-electron chi connectivity index (χ2n) is 7.37. The van der Waals surface area contributed by atoms with Crippen molar-refractivity contribution in [2.45, 2.75) is 12.8 Å². The number of hydrogen-bond acceptors (Lipinski definition) is 7. The average molecular weight is 402 g/mol. The summed E-state index contributed by atoms with van der Waals surface area (Å²) in [5.74, 6) is 2.85. The van der Waals surface area contributed by atoms with Gasteiger partial charge in [-0.05, 0) is 37.0 Å². The largest absolute Gasteiger partial charge is 0.497 e. The van der Waals surface area contributed by atoms with Crippen LogP contribution in [0.25, 0.3) is 16.9 Å². The number of ether oxygens (including phenoxy) is 2. The molecule has 0 aliphatic heterocycles. The summed E-state index contributed by atoms with van der Waals surface area (Å²) in [5, 5.41) is 4.15. The number of aromatic nitrogens is 5. The molecule has 0 unspecified atom stereocenters. The number of methoxy groups -OCH3 is 2. The average Bonchev–Trinajstić information content (AvgIpc) is 3.45. The topological polar surface area (TPSA) is 78.2 Å². The van der Waals surface area contributed by atoms with Crippen molar-refractivity contribution < 1.29 is 9.47 Å². The first-order valence-electron chi connectivity index (χ1n) is 9.86. The van der Waals surface area contributed by atoms with Crippen LogP contribution in [0.15, 0.2) is 55.2 Å². The number of rotatable bonds is 7. The minimum atomic E-state index is 0.633. The Balaban J connectivity index is 1.58. The lowest BCUT2D eigenvalue weighted by atomic mass is 10.2. The van der Waals surface area contributed by atoms with Gasteiger partial charge < -0.3 is 14.4 Å². The molecule has 1 saturated carbocycles. The Morgan fingerprint density at radius 3 is 2.47 bits per heavy atom. The molecule has 8 nitrogen and oxygen atoms in total. The van der Waals surface area contributed by atoms with E-state index >= 15 is 0 Å². The summed E-state index contributed by atoms with van der Waals surface area (Å²) in [6.45, 7) is 0.929. The maximum atomic E-state index is 5.49. The van der Waals surface area contributed by atoms with Crippen molar-refractivity contribution >= 4 is 22.4 Å². The van der Waals surface area contributed by atoms with E-state index in [0.29, 0.717) is 11.7 Å². The van der Waals surface area contributed by atoms with Gasteiger partial charge in [0.1, 0.15) is 24.2 Å². The zero-order valence-electron chi connectivity index (χ0n) is 16.9. The summed E-state index contributed by atoms with van der Waals surface area (Å²) in [5.41, 5.74) is 3.71. The van der Waals surface area contributed by atoms with Crippen LogP contribution in [-0.4, -0.2) is 45.5 Å². The zero-order chi connectivity index (χ0) is 20.5. The molecule has 0 N–H and O–H groups in total. The molecule has 152 valence electrons. The van der Waals surface area contributed by atoms with Gasteiger partial charge in [0.25, 0.3) is 0 Å². The molecule has 8 heteroatoms. The molecule has 2 aromatic heterocycles. The molecule has 0 amide bonds. The minimum absolute atomic E-state index is 0.633. The quantitative estimate of drug-likeness (QED) is 0.465. The van der Waals surface area contributed by atoms with E-state index in [9.17, 15) is 0 Å². The highest BCUT2D eigenvalue weighted by molar-refractivity contribution is 5.81.